The van der Waals surface area contributed by atoms with E-state index in [1.807, 2.05) is 36.6 Å². The molecule has 2 aromatic heterocycles. The minimum absolute atomic E-state index is 0.612. The van der Waals surface area contributed by atoms with Gasteiger partial charge in [0.1, 0.15) is 11.6 Å². The van der Waals surface area contributed by atoms with Crippen LogP contribution in [0.4, 0.5) is 10.8 Å². The number of thiazole rings is 1. The first-order valence-corrected chi connectivity index (χ1v) is 10.0. The molecule has 5 nitrogen and oxygen atoms in total. The van der Waals surface area contributed by atoms with Crippen LogP contribution in [0.5, 0.6) is 5.75 Å². The van der Waals surface area contributed by atoms with Crippen LogP contribution < -0.4 is 10.1 Å². The zero-order valence-electron chi connectivity index (χ0n) is 15.1. The summed E-state index contributed by atoms with van der Waals surface area (Å²) in [6, 6.07) is 11.2. The number of hydrogen-bond donors (Lipinski definition) is 2. The average molecular weight is 431 g/mol. The van der Waals surface area contributed by atoms with Gasteiger partial charge in [0.15, 0.2) is 5.13 Å². The van der Waals surface area contributed by atoms with Gasteiger partial charge in [0, 0.05) is 39.6 Å². The zero-order chi connectivity index (χ0) is 19.7. The second-order valence-electron chi connectivity index (χ2n) is 6.12. The Bertz CT molecular complexity index is 1140. The molecule has 0 unspecified atom stereocenters. The van der Waals surface area contributed by atoms with Gasteiger partial charge >= 0.3 is 0 Å². The number of aromatic amines is 1. The van der Waals surface area contributed by atoms with Gasteiger partial charge in [-0.05, 0) is 37.3 Å². The smallest absolute Gasteiger partial charge is 0.187 e. The van der Waals surface area contributed by atoms with Crippen LogP contribution in [-0.2, 0) is 0 Å². The fourth-order valence-electron chi connectivity index (χ4n) is 2.79. The number of nitrogens with zero attached hydrogens (tertiary/aromatic N) is 2. The Kier molecular flexibility index (Phi) is 5.26. The number of rotatable bonds is 5. The molecule has 0 saturated heterocycles. The topological polar surface area (TPSA) is 62.8 Å². The van der Waals surface area contributed by atoms with Gasteiger partial charge in [0.05, 0.1) is 23.4 Å². The molecule has 142 valence electrons. The molecule has 0 spiro atoms. The first-order chi connectivity index (χ1) is 13.5. The number of H-pyrrole nitrogens is 1. The van der Waals surface area contributed by atoms with E-state index in [0.717, 1.165) is 39.2 Å². The van der Waals surface area contributed by atoms with Gasteiger partial charge in [-0.15, -0.1) is 11.3 Å². The number of methoxy groups -OCH3 is 1. The fourth-order valence-corrected chi connectivity index (χ4v) is 3.90. The lowest BCUT2D eigenvalue weighted by Crippen LogP contribution is -1.94. The highest BCUT2D eigenvalue weighted by Crippen LogP contribution is 2.35. The summed E-state index contributed by atoms with van der Waals surface area (Å²) < 4.78 is 5.54. The molecule has 2 N–H and O–H groups in total. The molecule has 2 aromatic carbocycles. The van der Waals surface area contributed by atoms with E-state index >= 15 is 0 Å². The van der Waals surface area contributed by atoms with Crippen molar-refractivity contribution in [3.63, 3.8) is 0 Å². The van der Waals surface area contributed by atoms with Crippen molar-refractivity contribution < 1.29 is 4.74 Å². The number of imidazole rings is 1. The number of aryl methyl sites for hydroxylation is 1. The van der Waals surface area contributed by atoms with Gasteiger partial charge in [-0.3, -0.25) is 0 Å². The second kappa shape index (κ2) is 7.83. The normalized spacial score (nSPS) is 10.9. The molecule has 28 heavy (non-hydrogen) atoms. The maximum absolute atomic E-state index is 6.28. The molecule has 0 bridgehead atoms. The molecular weight excluding hydrogens is 415 g/mol. The summed E-state index contributed by atoms with van der Waals surface area (Å²) in [7, 11) is 1.64. The standard InChI is InChI=1S/C20H16Cl2N4OS/c1-11-9-23-19(24-11)14-5-4-13(8-18(14)27-2)25-20-26-17(10-28-20)15-7-12(21)3-6-16(15)22/h3-10H,1-2H3,(H,23,24)(H,25,26). The summed E-state index contributed by atoms with van der Waals surface area (Å²) in [5, 5.41) is 7.23. The summed E-state index contributed by atoms with van der Waals surface area (Å²) >= 11 is 13.8. The van der Waals surface area contributed by atoms with E-state index in [2.05, 4.69) is 20.3 Å². The van der Waals surface area contributed by atoms with Gasteiger partial charge in [-0.2, -0.15) is 0 Å². The van der Waals surface area contributed by atoms with Gasteiger partial charge in [0.25, 0.3) is 0 Å². The number of halogens is 2. The lowest BCUT2D eigenvalue weighted by atomic mass is 10.1. The number of ether oxygens (including phenoxy) is 1. The highest BCUT2D eigenvalue weighted by atomic mass is 35.5. The predicted octanol–water partition coefficient (Wildman–Crippen LogP) is 6.57. The van der Waals surface area contributed by atoms with Crippen molar-refractivity contribution in [2.24, 2.45) is 0 Å². The Hall–Kier alpha value is -2.54. The van der Waals surface area contributed by atoms with Crippen molar-refractivity contribution in [1.82, 2.24) is 15.0 Å². The van der Waals surface area contributed by atoms with E-state index in [1.54, 1.807) is 25.4 Å². The molecule has 4 aromatic rings. The molecule has 0 aliphatic rings. The van der Waals surface area contributed by atoms with Crippen LogP contribution in [0.3, 0.4) is 0 Å². The second-order valence-corrected chi connectivity index (χ2v) is 7.82. The van der Waals surface area contributed by atoms with Gasteiger partial charge < -0.3 is 15.0 Å². The van der Waals surface area contributed by atoms with E-state index in [1.165, 1.54) is 11.3 Å². The Balaban J connectivity index is 1.60. The molecule has 2 heterocycles. The Morgan fingerprint density at radius 2 is 1.96 bits per heavy atom. The minimum Gasteiger partial charge on any atom is -0.496 e. The summed E-state index contributed by atoms with van der Waals surface area (Å²) in [6.07, 6.45) is 1.79. The van der Waals surface area contributed by atoms with Gasteiger partial charge in [0.2, 0.25) is 0 Å². The lowest BCUT2D eigenvalue weighted by Gasteiger charge is -2.09. The van der Waals surface area contributed by atoms with Crippen LogP contribution in [0.25, 0.3) is 22.6 Å². The van der Waals surface area contributed by atoms with Crippen LogP contribution >= 0.6 is 34.5 Å². The molecule has 4 rings (SSSR count). The lowest BCUT2D eigenvalue weighted by molar-refractivity contribution is 0.416. The van der Waals surface area contributed by atoms with E-state index in [4.69, 9.17) is 27.9 Å². The van der Waals surface area contributed by atoms with Crippen molar-refractivity contribution in [3.05, 3.63) is 63.7 Å². The molecule has 0 fully saturated rings. The molecule has 0 aliphatic heterocycles. The summed E-state index contributed by atoms with van der Waals surface area (Å²) in [5.41, 5.74) is 4.33. The molecule has 0 radical (unpaired) electrons. The van der Waals surface area contributed by atoms with Crippen molar-refractivity contribution in [2.75, 3.05) is 12.4 Å². The number of nitrogens with one attached hydrogen (secondary N) is 2. The molecule has 0 saturated carbocycles. The third-order valence-electron chi connectivity index (χ3n) is 4.12. The highest BCUT2D eigenvalue weighted by Gasteiger charge is 2.12. The summed E-state index contributed by atoms with van der Waals surface area (Å²) in [6.45, 7) is 1.96. The van der Waals surface area contributed by atoms with Gasteiger partial charge in [-0.25, -0.2) is 9.97 Å². The summed E-state index contributed by atoms with van der Waals surface area (Å²) in [5.74, 6) is 1.49. The van der Waals surface area contributed by atoms with Crippen molar-refractivity contribution >= 4 is 45.4 Å². The quantitative estimate of drug-likeness (QED) is 0.375. The molecule has 0 aliphatic carbocycles. The van der Waals surface area contributed by atoms with E-state index in [9.17, 15) is 0 Å². The maximum Gasteiger partial charge on any atom is 0.187 e. The number of anilines is 2. The first kappa shape index (κ1) is 18.8. The third-order valence-corrected chi connectivity index (χ3v) is 5.44. The fraction of sp³-hybridized carbons (Fsp3) is 0.100. The first-order valence-electron chi connectivity index (χ1n) is 8.41. The van der Waals surface area contributed by atoms with Crippen LogP contribution in [0.15, 0.2) is 48.0 Å². The van der Waals surface area contributed by atoms with E-state index in [0.29, 0.717) is 15.8 Å². The third kappa shape index (κ3) is 3.85. The van der Waals surface area contributed by atoms with Gasteiger partial charge in [-0.1, -0.05) is 23.2 Å². The Morgan fingerprint density at radius 3 is 2.71 bits per heavy atom. The SMILES string of the molecule is COc1cc(Nc2nc(-c3cc(Cl)ccc3Cl)cs2)ccc1-c1ncc(C)[nH]1. The van der Waals surface area contributed by atoms with Crippen LogP contribution in [-0.4, -0.2) is 22.1 Å². The minimum atomic E-state index is 0.612. The Morgan fingerprint density at radius 1 is 1.11 bits per heavy atom. The van der Waals surface area contributed by atoms with Crippen molar-refractivity contribution in [3.8, 4) is 28.4 Å². The number of benzene rings is 2. The number of hydrogen-bond acceptors (Lipinski definition) is 5. The van der Waals surface area contributed by atoms with Crippen molar-refractivity contribution in [1.29, 1.82) is 0 Å². The largest absolute Gasteiger partial charge is 0.496 e. The molecular formula is C20H16Cl2N4OS. The molecule has 0 atom stereocenters. The maximum atomic E-state index is 6.28. The average Bonchev–Trinajstić information content (AvgIpc) is 3.32. The van der Waals surface area contributed by atoms with E-state index < -0.39 is 0 Å². The summed E-state index contributed by atoms with van der Waals surface area (Å²) in [4.78, 5) is 12.2. The number of aromatic nitrogens is 3. The Labute approximate surface area is 176 Å². The monoisotopic (exact) mass is 430 g/mol. The van der Waals surface area contributed by atoms with Crippen LogP contribution in [0, 0.1) is 6.92 Å². The molecule has 8 heteroatoms. The predicted molar refractivity (Wildman–Crippen MR) is 116 cm³/mol. The van der Waals surface area contributed by atoms with Crippen LogP contribution in [0.2, 0.25) is 10.0 Å². The zero-order valence-corrected chi connectivity index (χ0v) is 17.4. The van der Waals surface area contributed by atoms with Crippen molar-refractivity contribution in [2.45, 2.75) is 6.92 Å². The highest BCUT2D eigenvalue weighted by molar-refractivity contribution is 7.14. The molecule has 0 amide bonds. The van der Waals surface area contributed by atoms with E-state index in [-0.39, 0.29) is 0 Å². The van der Waals surface area contributed by atoms with Crippen LogP contribution in [0.1, 0.15) is 5.69 Å².